The maximum Gasteiger partial charge on any atom is 0.270 e. The number of anilines is 1. The summed E-state index contributed by atoms with van der Waals surface area (Å²) < 4.78 is 2.10. The zero-order chi connectivity index (χ0) is 19.8. The lowest BCUT2D eigenvalue weighted by atomic mass is 9.86. The molecule has 2 fully saturated rings. The fourth-order valence-corrected chi connectivity index (χ4v) is 4.06. The smallest absolute Gasteiger partial charge is 0.270 e. The van der Waals surface area contributed by atoms with Crippen molar-refractivity contribution in [1.29, 1.82) is 0 Å². The van der Waals surface area contributed by atoms with Gasteiger partial charge in [-0.3, -0.25) is 4.79 Å². The summed E-state index contributed by atoms with van der Waals surface area (Å²) in [6.45, 7) is 3.84. The molecule has 1 aliphatic heterocycles. The number of hydrogen-bond donors (Lipinski definition) is 3. The van der Waals surface area contributed by atoms with E-state index in [1.807, 2.05) is 25.4 Å². The van der Waals surface area contributed by atoms with Crippen molar-refractivity contribution in [3.63, 3.8) is 0 Å². The van der Waals surface area contributed by atoms with Gasteiger partial charge in [0.1, 0.15) is 17.5 Å². The molecule has 2 aliphatic rings. The van der Waals surface area contributed by atoms with Crippen LogP contribution < -0.4 is 16.0 Å². The van der Waals surface area contributed by atoms with Gasteiger partial charge < -0.3 is 20.5 Å². The molecule has 0 spiro atoms. The summed E-state index contributed by atoms with van der Waals surface area (Å²) in [5.41, 5.74) is 2.94. The van der Waals surface area contributed by atoms with Gasteiger partial charge in [0.15, 0.2) is 11.5 Å². The van der Waals surface area contributed by atoms with E-state index in [4.69, 9.17) is 0 Å². The van der Waals surface area contributed by atoms with E-state index >= 15 is 0 Å². The largest absolute Gasteiger partial charge is 0.364 e. The molecule has 1 saturated carbocycles. The van der Waals surface area contributed by atoms with Crippen LogP contribution in [-0.4, -0.2) is 55.6 Å². The topological polar surface area (TPSA) is 110 Å². The van der Waals surface area contributed by atoms with Crippen LogP contribution in [0.1, 0.15) is 41.5 Å². The molecular formula is C20H24N8O. The summed E-state index contributed by atoms with van der Waals surface area (Å²) in [7, 11) is 0. The Kier molecular flexibility index (Phi) is 4.59. The van der Waals surface area contributed by atoms with Crippen LogP contribution >= 0.6 is 0 Å². The second kappa shape index (κ2) is 7.40. The molecule has 0 bridgehead atoms. The van der Waals surface area contributed by atoms with Crippen molar-refractivity contribution in [3.8, 4) is 0 Å². The van der Waals surface area contributed by atoms with Crippen LogP contribution in [0.3, 0.4) is 0 Å². The summed E-state index contributed by atoms with van der Waals surface area (Å²) in [4.78, 5) is 30.1. The third kappa shape index (κ3) is 3.53. The third-order valence-electron chi connectivity index (χ3n) is 5.72. The number of imidazole rings is 1. The second-order valence-electron chi connectivity index (χ2n) is 7.84. The average molecular weight is 392 g/mol. The van der Waals surface area contributed by atoms with Crippen LogP contribution in [-0.2, 0) is 0 Å². The minimum Gasteiger partial charge on any atom is -0.364 e. The Hall–Kier alpha value is -3.07. The van der Waals surface area contributed by atoms with E-state index in [1.165, 1.54) is 0 Å². The summed E-state index contributed by atoms with van der Waals surface area (Å²) >= 11 is 0. The fourth-order valence-electron chi connectivity index (χ4n) is 4.06. The highest BCUT2D eigenvalue weighted by Gasteiger charge is 2.33. The average Bonchev–Trinajstić information content (AvgIpc) is 3.34. The van der Waals surface area contributed by atoms with Gasteiger partial charge in [0.05, 0.1) is 6.33 Å². The molecule has 1 atom stereocenters. The van der Waals surface area contributed by atoms with Gasteiger partial charge in [-0.15, -0.1) is 0 Å². The molecule has 150 valence electrons. The molecule has 1 saturated heterocycles. The molecule has 1 aliphatic carbocycles. The molecule has 0 radical (unpaired) electrons. The van der Waals surface area contributed by atoms with E-state index in [1.54, 1.807) is 12.4 Å². The zero-order valence-electron chi connectivity index (χ0n) is 16.3. The van der Waals surface area contributed by atoms with Crippen LogP contribution in [0.5, 0.6) is 0 Å². The number of rotatable bonds is 5. The molecule has 0 aromatic carbocycles. The van der Waals surface area contributed by atoms with Crippen molar-refractivity contribution in [2.75, 3.05) is 18.4 Å². The van der Waals surface area contributed by atoms with Gasteiger partial charge in [-0.2, -0.15) is 0 Å². The first-order valence-electron chi connectivity index (χ1n) is 10.1. The first kappa shape index (κ1) is 18.0. The Morgan fingerprint density at radius 3 is 2.90 bits per heavy atom. The molecule has 5 rings (SSSR count). The first-order valence-corrected chi connectivity index (χ1v) is 10.1. The number of nitrogens with one attached hydrogen (secondary N) is 3. The Labute approximate surface area is 168 Å². The van der Waals surface area contributed by atoms with Gasteiger partial charge in [-0.1, -0.05) is 6.07 Å². The lowest BCUT2D eigenvalue weighted by molar-refractivity contribution is 0.0889. The summed E-state index contributed by atoms with van der Waals surface area (Å²) in [6.07, 6.45) is 6.20. The number of aryl methyl sites for hydroxylation is 1. The van der Waals surface area contributed by atoms with E-state index in [0.717, 1.165) is 55.0 Å². The normalized spacial score (nSPS) is 23.7. The Morgan fingerprint density at radius 1 is 1.21 bits per heavy atom. The van der Waals surface area contributed by atoms with Gasteiger partial charge in [-0.25, -0.2) is 19.9 Å². The van der Waals surface area contributed by atoms with Crippen LogP contribution in [0.15, 0.2) is 30.9 Å². The number of fused-ring (bicyclic) bond motifs is 1. The Morgan fingerprint density at radius 2 is 2.10 bits per heavy atom. The van der Waals surface area contributed by atoms with Crippen molar-refractivity contribution in [3.05, 3.63) is 42.2 Å². The summed E-state index contributed by atoms with van der Waals surface area (Å²) in [5.74, 6) is 0.670. The van der Waals surface area contributed by atoms with Gasteiger partial charge in [0.25, 0.3) is 5.91 Å². The van der Waals surface area contributed by atoms with Gasteiger partial charge in [-0.05, 0) is 44.9 Å². The predicted molar refractivity (Wildman–Crippen MR) is 109 cm³/mol. The summed E-state index contributed by atoms with van der Waals surface area (Å²) in [5, 5.41) is 9.90. The number of pyridine rings is 1. The molecule has 29 heavy (non-hydrogen) atoms. The molecule has 1 unspecified atom stereocenters. The maximum atomic E-state index is 12.4. The highest BCUT2D eigenvalue weighted by Crippen LogP contribution is 2.35. The van der Waals surface area contributed by atoms with E-state index < -0.39 is 0 Å². The van der Waals surface area contributed by atoms with Crippen molar-refractivity contribution in [1.82, 2.24) is 35.1 Å². The van der Waals surface area contributed by atoms with Crippen LogP contribution in [0, 0.1) is 6.92 Å². The fraction of sp³-hybridized carbons (Fsp3) is 0.450. The molecule has 3 aromatic rings. The van der Waals surface area contributed by atoms with E-state index in [2.05, 4.69) is 40.5 Å². The molecule has 3 N–H and O–H groups in total. The van der Waals surface area contributed by atoms with E-state index in [-0.39, 0.29) is 18.0 Å². The van der Waals surface area contributed by atoms with Crippen LogP contribution in [0.2, 0.25) is 0 Å². The number of nitrogens with zero attached hydrogens (tertiary/aromatic N) is 5. The van der Waals surface area contributed by atoms with Gasteiger partial charge in [0.2, 0.25) is 0 Å². The highest BCUT2D eigenvalue weighted by molar-refractivity contribution is 5.92. The van der Waals surface area contributed by atoms with Gasteiger partial charge in [0, 0.05) is 30.4 Å². The minimum atomic E-state index is -0.119. The van der Waals surface area contributed by atoms with Gasteiger partial charge >= 0.3 is 0 Å². The minimum absolute atomic E-state index is 0.119. The van der Waals surface area contributed by atoms with Crippen LogP contribution in [0.25, 0.3) is 11.2 Å². The zero-order valence-corrected chi connectivity index (χ0v) is 16.3. The molecule has 1 amide bonds. The van der Waals surface area contributed by atoms with E-state index in [9.17, 15) is 4.79 Å². The second-order valence-corrected chi connectivity index (χ2v) is 7.84. The summed E-state index contributed by atoms with van der Waals surface area (Å²) in [6, 6.07) is 6.26. The molecule has 3 aromatic heterocycles. The highest BCUT2D eigenvalue weighted by atomic mass is 16.1. The quantitative estimate of drug-likeness (QED) is 0.603. The molecule has 4 heterocycles. The lowest BCUT2D eigenvalue weighted by Gasteiger charge is -2.36. The number of carbonyl (C=O) groups is 1. The monoisotopic (exact) mass is 392 g/mol. The van der Waals surface area contributed by atoms with Crippen molar-refractivity contribution in [2.24, 2.45) is 0 Å². The third-order valence-corrected chi connectivity index (χ3v) is 5.72. The van der Waals surface area contributed by atoms with Crippen molar-refractivity contribution >= 4 is 22.9 Å². The maximum absolute atomic E-state index is 12.4. The standard InChI is InChI=1S/C20H24N8O/c1-12-3-2-4-16(25-12)20(29)27-14-7-15(8-14)28-11-24-17-18(22-10-23-19(17)28)26-13-5-6-21-9-13/h2-4,10-11,13-15,21H,5-9H2,1H3,(H,27,29)(H,22,23,26). The van der Waals surface area contributed by atoms with Crippen LogP contribution in [0.4, 0.5) is 5.82 Å². The Bertz CT molecular complexity index is 1040. The lowest BCUT2D eigenvalue weighted by Crippen LogP contribution is -2.45. The van der Waals surface area contributed by atoms with Crippen molar-refractivity contribution in [2.45, 2.75) is 44.3 Å². The predicted octanol–water partition coefficient (Wildman–Crippen LogP) is 1.44. The van der Waals surface area contributed by atoms with Crippen molar-refractivity contribution < 1.29 is 4.79 Å². The number of carbonyl (C=O) groups excluding carboxylic acids is 1. The molecular weight excluding hydrogens is 368 g/mol. The first-order chi connectivity index (χ1) is 14.2. The number of hydrogen-bond acceptors (Lipinski definition) is 7. The van der Waals surface area contributed by atoms with E-state index in [0.29, 0.717) is 11.7 Å². The number of amides is 1. The molecule has 9 heteroatoms. The molecule has 9 nitrogen and oxygen atoms in total. The SMILES string of the molecule is Cc1cccc(C(=O)NC2CC(n3cnc4c(NC5CCNC5)ncnc43)C2)n1. The number of aromatic nitrogens is 5. The Balaban J connectivity index is 1.25.